The van der Waals surface area contributed by atoms with Gasteiger partial charge in [0.25, 0.3) is 0 Å². The third-order valence-electron chi connectivity index (χ3n) is 8.74. The van der Waals surface area contributed by atoms with E-state index in [1.54, 1.807) is 0 Å². The number of phenols is 1. The zero-order valence-electron chi connectivity index (χ0n) is 24.8. The summed E-state index contributed by atoms with van der Waals surface area (Å²) >= 11 is 5.55. The van der Waals surface area contributed by atoms with Crippen LogP contribution in [0.4, 0.5) is 0 Å². The standard InChI is InChI=1S/C17H24N2O.C9H19N.C7H4ClNO/c20-13-14-1-3-15(4-2-14)16-5-7-17(8-6-16)19-11-9-18-10-12-19;1-8(2)6-9(3,4)7(8)10-5;8-7-3-6(10)2-1-5(7)4-9/h1-4,13,16-18H,5-12H2;7,10H,6H2,1-5H3;1-3,10H. The first-order valence-corrected chi connectivity index (χ1v) is 14.9. The molecule has 0 bridgehead atoms. The van der Waals surface area contributed by atoms with Crippen molar-refractivity contribution in [3.05, 3.63) is 64.2 Å². The Morgan fingerprint density at radius 2 is 1.62 bits per heavy atom. The Kier molecular flexibility index (Phi) is 11.6. The third kappa shape index (κ3) is 8.54. The van der Waals surface area contributed by atoms with Gasteiger partial charge in [0.05, 0.1) is 10.6 Å². The first-order valence-electron chi connectivity index (χ1n) is 14.6. The summed E-state index contributed by atoms with van der Waals surface area (Å²) in [6.45, 7) is 14.0. The van der Waals surface area contributed by atoms with Crippen molar-refractivity contribution in [2.24, 2.45) is 10.8 Å². The minimum Gasteiger partial charge on any atom is -0.508 e. The molecule has 2 saturated carbocycles. The van der Waals surface area contributed by atoms with Crippen molar-refractivity contribution in [1.29, 1.82) is 5.26 Å². The van der Waals surface area contributed by atoms with Crippen molar-refractivity contribution in [1.82, 2.24) is 15.5 Å². The number of hydrogen-bond acceptors (Lipinski definition) is 6. The largest absolute Gasteiger partial charge is 0.508 e. The Morgan fingerprint density at radius 1 is 1.02 bits per heavy atom. The molecular formula is C33H47ClN4O2. The SMILES string of the molecule is CNC1C(C)(C)CC1(C)C.N#Cc1ccc(O)cc1Cl.O=Cc1ccc(C2CCC(N3CCNCC3)CC2)cc1. The number of nitrogens with zero attached hydrogens (tertiary/aromatic N) is 2. The molecule has 2 aliphatic carbocycles. The van der Waals surface area contributed by atoms with Gasteiger partial charge in [-0.3, -0.25) is 9.69 Å². The highest BCUT2D eigenvalue weighted by Crippen LogP contribution is 2.53. The fourth-order valence-electron chi connectivity index (χ4n) is 7.35. The number of nitriles is 1. The predicted molar refractivity (Wildman–Crippen MR) is 164 cm³/mol. The summed E-state index contributed by atoms with van der Waals surface area (Å²) in [5.74, 6) is 0.763. The van der Waals surface area contributed by atoms with Gasteiger partial charge in [-0.1, -0.05) is 63.6 Å². The molecule has 3 fully saturated rings. The van der Waals surface area contributed by atoms with Gasteiger partial charge in [0.1, 0.15) is 18.1 Å². The number of phenolic OH excluding ortho intramolecular Hbond substituents is 1. The van der Waals surface area contributed by atoms with Crippen LogP contribution in [0, 0.1) is 22.2 Å². The van der Waals surface area contributed by atoms with Crippen molar-refractivity contribution < 1.29 is 9.90 Å². The number of rotatable bonds is 4. The fourth-order valence-corrected chi connectivity index (χ4v) is 7.57. The van der Waals surface area contributed by atoms with Gasteiger partial charge in [-0.15, -0.1) is 0 Å². The molecule has 0 unspecified atom stereocenters. The molecule has 0 atom stereocenters. The van der Waals surface area contributed by atoms with E-state index in [-0.39, 0.29) is 10.8 Å². The molecule has 3 aliphatic rings. The van der Waals surface area contributed by atoms with Crippen LogP contribution in [-0.4, -0.2) is 61.6 Å². The Bertz CT molecular complexity index is 1110. The van der Waals surface area contributed by atoms with Crippen LogP contribution in [0.3, 0.4) is 0 Å². The second-order valence-electron chi connectivity index (χ2n) is 12.7. The summed E-state index contributed by atoms with van der Waals surface area (Å²) in [6.07, 6.45) is 7.47. The minimum absolute atomic E-state index is 0.0731. The summed E-state index contributed by atoms with van der Waals surface area (Å²) < 4.78 is 0. The van der Waals surface area contributed by atoms with E-state index >= 15 is 0 Å². The van der Waals surface area contributed by atoms with Crippen LogP contribution < -0.4 is 10.6 Å². The van der Waals surface area contributed by atoms with E-state index in [1.807, 2.05) is 18.2 Å². The number of aldehydes is 1. The molecule has 0 amide bonds. The third-order valence-corrected chi connectivity index (χ3v) is 9.06. The van der Waals surface area contributed by atoms with Crippen molar-refractivity contribution in [2.75, 3.05) is 33.2 Å². The average molecular weight is 567 g/mol. The molecule has 0 radical (unpaired) electrons. The number of benzene rings is 2. The molecule has 1 saturated heterocycles. The molecule has 5 rings (SSSR count). The van der Waals surface area contributed by atoms with E-state index in [9.17, 15) is 4.79 Å². The lowest BCUT2D eigenvalue weighted by Gasteiger charge is -2.57. The Balaban J connectivity index is 0.000000185. The molecular weight excluding hydrogens is 520 g/mol. The van der Waals surface area contributed by atoms with Crippen LogP contribution in [0.15, 0.2) is 42.5 Å². The van der Waals surface area contributed by atoms with Gasteiger partial charge in [-0.25, -0.2) is 0 Å². The van der Waals surface area contributed by atoms with Crippen molar-refractivity contribution >= 4 is 17.9 Å². The van der Waals surface area contributed by atoms with E-state index in [4.69, 9.17) is 22.0 Å². The molecule has 0 spiro atoms. The Hall–Kier alpha value is -2.43. The lowest BCUT2D eigenvalue weighted by Crippen LogP contribution is -2.61. The maximum absolute atomic E-state index is 10.7. The number of carbonyl (C=O) groups excluding carboxylic acids is 1. The van der Waals surface area contributed by atoms with Crippen LogP contribution in [-0.2, 0) is 0 Å². The van der Waals surface area contributed by atoms with Crippen molar-refractivity contribution in [3.63, 3.8) is 0 Å². The molecule has 2 aromatic carbocycles. The van der Waals surface area contributed by atoms with Crippen LogP contribution in [0.2, 0.25) is 5.02 Å². The van der Waals surface area contributed by atoms with Crippen LogP contribution in [0.5, 0.6) is 5.75 Å². The second kappa shape index (κ2) is 14.5. The fraction of sp³-hybridized carbons (Fsp3) is 0.576. The molecule has 40 heavy (non-hydrogen) atoms. The first kappa shape index (κ1) is 32.1. The van der Waals surface area contributed by atoms with Crippen LogP contribution in [0.25, 0.3) is 0 Å². The summed E-state index contributed by atoms with van der Waals surface area (Å²) in [5.41, 5.74) is 3.59. The molecule has 7 heteroatoms. The van der Waals surface area contributed by atoms with Gasteiger partial charge in [0.15, 0.2) is 0 Å². The highest BCUT2D eigenvalue weighted by Gasteiger charge is 2.51. The van der Waals surface area contributed by atoms with Gasteiger partial charge in [0, 0.05) is 43.8 Å². The monoisotopic (exact) mass is 566 g/mol. The predicted octanol–water partition coefficient (Wildman–Crippen LogP) is 6.38. The number of nitrogens with one attached hydrogen (secondary N) is 2. The van der Waals surface area contributed by atoms with Gasteiger partial charge in [0.2, 0.25) is 0 Å². The molecule has 3 N–H and O–H groups in total. The Morgan fingerprint density at radius 3 is 2.08 bits per heavy atom. The number of piperazine rings is 1. The highest BCUT2D eigenvalue weighted by molar-refractivity contribution is 6.31. The quantitative estimate of drug-likeness (QED) is 0.372. The van der Waals surface area contributed by atoms with Gasteiger partial charge in [-0.05, 0) is 79.7 Å². The zero-order valence-corrected chi connectivity index (χ0v) is 25.6. The number of hydrogen-bond donors (Lipinski definition) is 3. The molecule has 218 valence electrons. The number of halogens is 1. The van der Waals surface area contributed by atoms with Gasteiger partial charge in [-0.2, -0.15) is 5.26 Å². The average Bonchev–Trinajstić information content (AvgIpc) is 2.94. The molecule has 0 aromatic heterocycles. The van der Waals surface area contributed by atoms with Crippen LogP contribution >= 0.6 is 11.6 Å². The summed E-state index contributed by atoms with van der Waals surface area (Å²) in [7, 11) is 2.06. The normalized spacial score (nSPS) is 23.7. The summed E-state index contributed by atoms with van der Waals surface area (Å²) in [6, 6.07) is 15.8. The molecule has 2 aromatic rings. The topological polar surface area (TPSA) is 88.4 Å². The van der Waals surface area contributed by atoms with E-state index in [2.05, 4.69) is 62.4 Å². The van der Waals surface area contributed by atoms with E-state index in [1.165, 1.54) is 69.0 Å². The lowest BCUT2D eigenvalue weighted by atomic mass is 9.52. The highest BCUT2D eigenvalue weighted by atomic mass is 35.5. The maximum atomic E-state index is 10.7. The van der Waals surface area contributed by atoms with Crippen molar-refractivity contribution in [2.45, 2.75) is 77.8 Å². The van der Waals surface area contributed by atoms with E-state index < -0.39 is 0 Å². The van der Waals surface area contributed by atoms with Gasteiger partial charge >= 0.3 is 0 Å². The molecule has 1 aliphatic heterocycles. The van der Waals surface area contributed by atoms with Crippen LogP contribution in [0.1, 0.15) is 87.2 Å². The second-order valence-corrected chi connectivity index (χ2v) is 13.1. The van der Waals surface area contributed by atoms with E-state index in [0.29, 0.717) is 28.4 Å². The number of aromatic hydroxyl groups is 1. The zero-order chi connectivity index (χ0) is 29.3. The maximum Gasteiger partial charge on any atom is 0.150 e. The summed E-state index contributed by atoms with van der Waals surface area (Å²) in [4.78, 5) is 13.4. The molecule has 1 heterocycles. The summed E-state index contributed by atoms with van der Waals surface area (Å²) in [5, 5.41) is 24.3. The van der Waals surface area contributed by atoms with Gasteiger partial charge < -0.3 is 15.7 Å². The molecule has 6 nitrogen and oxygen atoms in total. The lowest BCUT2D eigenvalue weighted by molar-refractivity contribution is -0.0364. The van der Waals surface area contributed by atoms with Crippen molar-refractivity contribution in [3.8, 4) is 11.8 Å². The number of carbonyl (C=O) groups is 1. The van der Waals surface area contributed by atoms with E-state index in [0.717, 1.165) is 31.0 Å². The Labute approximate surface area is 246 Å². The smallest absolute Gasteiger partial charge is 0.150 e. The minimum atomic E-state index is 0.0731. The first-order chi connectivity index (χ1) is 19.0.